The number of nitrogens with zero attached hydrogens (tertiary/aromatic N) is 1. The highest BCUT2D eigenvalue weighted by molar-refractivity contribution is 5.71. The second kappa shape index (κ2) is 9.04. The molecule has 136 valence electrons. The Hall–Kier alpha value is -1.59. The molecule has 1 unspecified atom stereocenters. The highest BCUT2D eigenvalue weighted by Gasteiger charge is 2.17. The Labute approximate surface area is 145 Å². The number of rotatable bonds is 8. The lowest BCUT2D eigenvalue weighted by molar-refractivity contribution is -0.131. The lowest BCUT2D eigenvalue weighted by atomic mass is 10.0. The molecular formula is C19H31NO4. The van der Waals surface area contributed by atoms with Gasteiger partial charge in [-0.3, -0.25) is 4.79 Å². The van der Waals surface area contributed by atoms with Crippen LogP contribution in [0.5, 0.6) is 11.5 Å². The van der Waals surface area contributed by atoms with Gasteiger partial charge in [-0.1, -0.05) is 0 Å². The summed E-state index contributed by atoms with van der Waals surface area (Å²) in [5, 5.41) is 0. The molecule has 0 fully saturated rings. The maximum absolute atomic E-state index is 11.3. The summed E-state index contributed by atoms with van der Waals surface area (Å²) in [5.41, 5.74) is 2.79. The maximum atomic E-state index is 11.3. The van der Waals surface area contributed by atoms with Gasteiger partial charge < -0.3 is 19.1 Å². The van der Waals surface area contributed by atoms with E-state index in [1.165, 1.54) is 6.92 Å². The van der Waals surface area contributed by atoms with E-state index in [2.05, 4.69) is 25.8 Å². The quantitative estimate of drug-likeness (QED) is 0.538. The third-order valence-corrected chi connectivity index (χ3v) is 4.36. The van der Waals surface area contributed by atoms with Crippen molar-refractivity contribution in [2.45, 2.75) is 53.7 Å². The number of carbonyl (C=O) groups excluding carboxylic acids is 1. The predicted octanol–water partition coefficient (Wildman–Crippen LogP) is 3.27. The van der Waals surface area contributed by atoms with E-state index in [-0.39, 0.29) is 12.1 Å². The van der Waals surface area contributed by atoms with Crippen LogP contribution in [0, 0.1) is 20.8 Å². The molecule has 0 spiro atoms. The average Bonchev–Trinajstić information content (AvgIpc) is 2.51. The molecule has 0 saturated carbocycles. The van der Waals surface area contributed by atoms with Crippen LogP contribution in [0.4, 0.5) is 0 Å². The molecule has 0 aliphatic carbocycles. The largest absolute Gasteiger partial charge is 0.491 e. The van der Waals surface area contributed by atoms with Gasteiger partial charge in [0, 0.05) is 26.6 Å². The van der Waals surface area contributed by atoms with E-state index in [1.54, 1.807) is 7.11 Å². The van der Waals surface area contributed by atoms with Gasteiger partial charge in [0.15, 0.2) is 0 Å². The van der Waals surface area contributed by atoms with Crippen LogP contribution in [-0.2, 0) is 9.53 Å². The van der Waals surface area contributed by atoms with E-state index in [0.29, 0.717) is 18.4 Å². The molecule has 1 rings (SSSR count). The van der Waals surface area contributed by atoms with Crippen molar-refractivity contribution in [1.82, 2.24) is 4.90 Å². The van der Waals surface area contributed by atoms with Gasteiger partial charge in [-0.2, -0.15) is 0 Å². The Balaban J connectivity index is 2.86. The van der Waals surface area contributed by atoms with Gasteiger partial charge in [0.05, 0.1) is 0 Å². The summed E-state index contributed by atoms with van der Waals surface area (Å²) in [4.78, 5) is 13.5. The van der Waals surface area contributed by atoms with Crippen LogP contribution in [0.2, 0.25) is 0 Å². The topological polar surface area (TPSA) is 48.0 Å². The first-order chi connectivity index (χ1) is 11.2. The number of hydrogen-bond donors (Lipinski definition) is 0. The summed E-state index contributed by atoms with van der Waals surface area (Å²) in [6, 6.07) is 2.37. The number of carbonyl (C=O) groups is 1. The molecule has 0 aliphatic rings. The lowest BCUT2D eigenvalue weighted by Crippen LogP contribution is -2.38. The molecule has 1 aromatic rings. The first-order valence-electron chi connectivity index (χ1n) is 8.32. The van der Waals surface area contributed by atoms with Gasteiger partial charge in [0.2, 0.25) is 0 Å². The van der Waals surface area contributed by atoms with Gasteiger partial charge in [0.25, 0.3) is 0 Å². The van der Waals surface area contributed by atoms with Gasteiger partial charge >= 0.3 is 5.97 Å². The van der Waals surface area contributed by atoms with Gasteiger partial charge in [-0.15, -0.1) is 0 Å². The van der Waals surface area contributed by atoms with Crippen LogP contribution in [0.3, 0.4) is 0 Å². The van der Waals surface area contributed by atoms with Crippen LogP contribution >= 0.6 is 0 Å². The van der Waals surface area contributed by atoms with Crippen molar-refractivity contribution in [2.75, 3.05) is 27.3 Å². The molecule has 5 nitrogen and oxygen atoms in total. The number of likely N-dealkylation sites (N-methyl/N-ethyl adjacent to an activating group) is 1. The Morgan fingerprint density at radius 1 is 1.21 bits per heavy atom. The zero-order valence-electron chi connectivity index (χ0n) is 16.2. The third kappa shape index (κ3) is 5.49. The number of esters is 1. The highest BCUT2D eigenvalue weighted by Crippen LogP contribution is 2.33. The van der Waals surface area contributed by atoms with Crippen LogP contribution in [-0.4, -0.2) is 50.3 Å². The normalized spacial score (nSPS) is 12.6. The summed E-state index contributed by atoms with van der Waals surface area (Å²) in [6.07, 6.45) is -0.00874. The monoisotopic (exact) mass is 337 g/mol. The first kappa shape index (κ1) is 20.5. The van der Waals surface area contributed by atoms with Gasteiger partial charge in [-0.05, 0) is 64.4 Å². The summed E-state index contributed by atoms with van der Waals surface area (Å²) >= 11 is 0. The third-order valence-electron chi connectivity index (χ3n) is 4.36. The van der Waals surface area contributed by atoms with E-state index in [1.807, 2.05) is 26.8 Å². The minimum atomic E-state index is -0.314. The average molecular weight is 337 g/mol. The van der Waals surface area contributed by atoms with E-state index < -0.39 is 0 Å². The fourth-order valence-corrected chi connectivity index (χ4v) is 2.38. The van der Waals surface area contributed by atoms with Crippen molar-refractivity contribution in [3.05, 3.63) is 22.8 Å². The minimum Gasteiger partial charge on any atom is -0.491 e. The van der Waals surface area contributed by atoms with Gasteiger partial charge in [0.1, 0.15) is 24.2 Å². The Kier molecular flexibility index (Phi) is 7.70. The van der Waals surface area contributed by atoms with E-state index in [9.17, 15) is 4.79 Å². The fraction of sp³-hybridized carbons (Fsp3) is 0.632. The molecule has 24 heavy (non-hydrogen) atoms. The van der Waals surface area contributed by atoms with Crippen LogP contribution < -0.4 is 9.47 Å². The smallest absolute Gasteiger partial charge is 0.308 e. The molecule has 1 atom stereocenters. The summed E-state index contributed by atoms with van der Waals surface area (Å²) < 4.78 is 16.8. The second-order valence-electron chi connectivity index (χ2n) is 6.57. The first-order valence-corrected chi connectivity index (χ1v) is 8.32. The summed E-state index contributed by atoms with van der Waals surface area (Å²) in [6.45, 7) is 12.8. The molecule has 0 amide bonds. The van der Waals surface area contributed by atoms with Gasteiger partial charge in [-0.25, -0.2) is 0 Å². The molecule has 0 saturated heterocycles. The van der Waals surface area contributed by atoms with E-state index in [4.69, 9.17) is 14.2 Å². The molecule has 0 radical (unpaired) electrons. The molecule has 0 aromatic heterocycles. The number of aryl methyl sites for hydroxylation is 1. The van der Waals surface area contributed by atoms with E-state index in [0.717, 1.165) is 29.0 Å². The van der Waals surface area contributed by atoms with Crippen molar-refractivity contribution in [3.63, 3.8) is 0 Å². The zero-order valence-corrected chi connectivity index (χ0v) is 16.2. The zero-order chi connectivity index (χ0) is 18.4. The summed E-state index contributed by atoms with van der Waals surface area (Å²) in [7, 11) is 3.78. The fourth-order valence-electron chi connectivity index (χ4n) is 2.38. The number of ether oxygens (including phenoxy) is 3. The van der Waals surface area contributed by atoms with Crippen molar-refractivity contribution in [3.8, 4) is 11.5 Å². The molecule has 0 bridgehead atoms. The molecule has 1 aromatic carbocycles. The van der Waals surface area contributed by atoms with Crippen molar-refractivity contribution in [1.29, 1.82) is 0 Å². The lowest BCUT2D eigenvalue weighted by Gasteiger charge is -2.26. The molecular weight excluding hydrogens is 306 g/mol. The van der Waals surface area contributed by atoms with Crippen LogP contribution in [0.1, 0.15) is 37.5 Å². The Morgan fingerprint density at radius 3 is 2.33 bits per heavy atom. The van der Waals surface area contributed by atoms with Crippen LogP contribution in [0.25, 0.3) is 0 Å². The predicted molar refractivity (Wildman–Crippen MR) is 96.0 cm³/mol. The standard InChI is InChI=1S/C19H31NO4/c1-12(2)20(7)10-17(22-8)11-23-18-9-13(3)19(24-16(6)21)15(5)14(18)4/h9,12,17H,10-11H2,1-8H3. The van der Waals surface area contributed by atoms with Crippen molar-refractivity contribution >= 4 is 5.97 Å². The Bertz CT molecular complexity index is 569. The molecule has 5 heteroatoms. The maximum Gasteiger partial charge on any atom is 0.308 e. The Morgan fingerprint density at radius 2 is 1.83 bits per heavy atom. The summed E-state index contributed by atoms with van der Waals surface area (Å²) in [5.74, 6) is 1.11. The van der Waals surface area contributed by atoms with E-state index >= 15 is 0 Å². The SMILES string of the molecule is COC(COc1cc(C)c(OC(C)=O)c(C)c1C)CN(C)C(C)C. The molecule has 0 heterocycles. The molecule has 0 N–H and O–H groups in total. The minimum absolute atomic E-state index is 0.00874. The van der Waals surface area contributed by atoms with Crippen molar-refractivity contribution < 1.29 is 19.0 Å². The number of hydrogen-bond acceptors (Lipinski definition) is 5. The van der Waals surface area contributed by atoms with Crippen LogP contribution in [0.15, 0.2) is 6.07 Å². The molecule has 0 aliphatic heterocycles. The number of methoxy groups -OCH3 is 1. The number of benzene rings is 1. The van der Waals surface area contributed by atoms with Crippen molar-refractivity contribution in [2.24, 2.45) is 0 Å². The highest BCUT2D eigenvalue weighted by atomic mass is 16.5. The second-order valence-corrected chi connectivity index (χ2v) is 6.57.